The van der Waals surface area contributed by atoms with E-state index in [2.05, 4.69) is 8.37 Å². The van der Waals surface area contributed by atoms with Crippen molar-refractivity contribution < 1.29 is 42.8 Å². The van der Waals surface area contributed by atoms with Gasteiger partial charge in [-0.15, -0.1) is 0 Å². The number of unbranched alkanes of at least 4 members (excludes halogenated alkanes) is 1. The highest BCUT2D eigenvalue weighted by atomic mass is 32.2. The van der Waals surface area contributed by atoms with Crippen LogP contribution in [-0.2, 0) is 28.6 Å². The van der Waals surface area contributed by atoms with Crippen LogP contribution in [0.25, 0.3) is 0 Å². The van der Waals surface area contributed by atoms with Gasteiger partial charge in [0.2, 0.25) is 0 Å². The van der Waals surface area contributed by atoms with Crippen molar-refractivity contribution in [2.45, 2.75) is 25.7 Å². The van der Waals surface area contributed by atoms with Gasteiger partial charge in [-0.1, -0.05) is 0 Å². The fourth-order valence-electron chi connectivity index (χ4n) is 0.981. The lowest BCUT2D eigenvalue weighted by atomic mass is 10.3. The second kappa shape index (κ2) is 8.74. The number of halogens is 4. The average molecular weight is 346 g/mol. The van der Waals surface area contributed by atoms with Crippen molar-refractivity contribution in [1.29, 1.82) is 0 Å². The minimum Gasteiger partial charge on any atom is -0.270 e. The summed E-state index contributed by atoms with van der Waals surface area (Å²) in [5, 5.41) is 0. The topological polar surface area (TPSA) is 86.7 Å². The zero-order valence-corrected chi connectivity index (χ0v) is 11.8. The Morgan fingerprint density at radius 3 is 1.25 bits per heavy atom. The molecule has 0 radical (unpaired) electrons. The van der Waals surface area contributed by atoms with Gasteiger partial charge < -0.3 is 0 Å². The molecule has 0 aromatic carbocycles. The molecule has 0 bridgehead atoms. The Morgan fingerprint density at radius 2 is 1.00 bits per heavy atom. The molecule has 20 heavy (non-hydrogen) atoms. The first kappa shape index (κ1) is 19.5. The van der Waals surface area contributed by atoms with Gasteiger partial charge in [0, 0.05) is 0 Å². The summed E-state index contributed by atoms with van der Waals surface area (Å²) >= 11 is 0. The summed E-state index contributed by atoms with van der Waals surface area (Å²) in [6, 6.07) is 0. The lowest BCUT2D eigenvalue weighted by molar-refractivity contribution is 0.165. The number of alkyl halides is 4. The molecule has 0 heterocycles. The van der Waals surface area contributed by atoms with Gasteiger partial charge in [0.05, 0.1) is 13.2 Å². The van der Waals surface area contributed by atoms with Crippen LogP contribution in [0.3, 0.4) is 0 Å². The third-order valence-electron chi connectivity index (χ3n) is 1.72. The fraction of sp³-hybridized carbons (Fsp3) is 1.00. The summed E-state index contributed by atoms with van der Waals surface area (Å²) in [5.41, 5.74) is 0. The van der Waals surface area contributed by atoms with E-state index in [9.17, 15) is 34.4 Å². The Labute approximate surface area is 114 Å². The summed E-state index contributed by atoms with van der Waals surface area (Å²) in [4.78, 5) is 0. The normalized spacial score (nSPS) is 13.3. The van der Waals surface area contributed by atoms with Crippen molar-refractivity contribution in [3.63, 3.8) is 0 Å². The molecule has 0 aliphatic carbocycles. The van der Waals surface area contributed by atoms with Crippen molar-refractivity contribution in [1.82, 2.24) is 0 Å². The van der Waals surface area contributed by atoms with Gasteiger partial charge in [0.1, 0.15) is 11.5 Å². The second-order valence-corrected chi connectivity index (χ2v) is 6.95. The first-order chi connectivity index (χ1) is 9.04. The molecule has 0 unspecified atom stereocenters. The Bertz CT molecular complexity index is 417. The van der Waals surface area contributed by atoms with Crippen LogP contribution in [0.1, 0.15) is 12.8 Å². The van der Waals surface area contributed by atoms with Crippen LogP contribution in [0.4, 0.5) is 17.6 Å². The van der Waals surface area contributed by atoms with E-state index in [-0.39, 0.29) is 12.8 Å². The fourth-order valence-corrected chi connectivity index (χ4v) is 2.53. The Hall–Kier alpha value is -0.460. The molecule has 12 heteroatoms. The molecular weight excluding hydrogens is 332 g/mol. The van der Waals surface area contributed by atoms with Gasteiger partial charge in [-0.25, -0.2) is 17.6 Å². The number of hydrogen-bond donors (Lipinski definition) is 0. The van der Waals surface area contributed by atoms with Crippen molar-refractivity contribution in [3.8, 4) is 0 Å². The molecule has 0 N–H and O–H groups in total. The first-order valence-electron chi connectivity index (χ1n) is 5.34. The van der Waals surface area contributed by atoms with Gasteiger partial charge in [-0.2, -0.15) is 16.8 Å². The SMILES string of the molecule is O=S(=O)(CC(F)F)OCCCCOS(=O)(=O)CC(F)F. The molecule has 0 atom stereocenters. The highest BCUT2D eigenvalue weighted by molar-refractivity contribution is 7.87. The van der Waals surface area contributed by atoms with Crippen LogP contribution in [-0.4, -0.2) is 54.4 Å². The molecule has 122 valence electrons. The summed E-state index contributed by atoms with van der Waals surface area (Å²) in [6.07, 6.45) is -6.09. The lowest BCUT2D eigenvalue weighted by Crippen LogP contribution is -2.18. The summed E-state index contributed by atoms with van der Waals surface area (Å²) in [5.74, 6) is -2.85. The van der Waals surface area contributed by atoms with E-state index in [0.29, 0.717) is 0 Å². The maximum atomic E-state index is 11.8. The van der Waals surface area contributed by atoms with E-state index in [0.717, 1.165) is 0 Å². The largest absolute Gasteiger partial charge is 0.272 e. The quantitative estimate of drug-likeness (QED) is 0.315. The lowest BCUT2D eigenvalue weighted by Gasteiger charge is -2.06. The van der Waals surface area contributed by atoms with Crippen LogP contribution in [0.5, 0.6) is 0 Å². The first-order valence-corrected chi connectivity index (χ1v) is 8.50. The predicted molar refractivity (Wildman–Crippen MR) is 60.7 cm³/mol. The van der Waals surface area contributed by atoms with Gasteiger partial charge >= 0.3 is 0 Å². The summed E-state index contributed by atoms with van der Waals surface area (Å²) < 4.78 is 98.9. The monoisotopic (exact) mass is 346 g/mol. The zero-order chi connectivity index (χ0) is 15.8. The summed E-state index contributed by atoms with van der Waals surface area (Å²) in [7, 11) is -8.64. The number of rotatable bonds is 11. The third-order valence-corrected chi connectivity index (χ3v) is 4.10. The van der Waals surface area contributed by atoms with E-state index in [1.54, 1.807) is 0 Å². The maximum Gasteiger partial charge on any atom is 0.272 e. The van der Waals surface area contributed by atoms with Crippen LogP contribution >= 0.6 is 0 Å². The van der Waals surface area contributed by atoms with Crippen LogP contribution in [0.15, 0.2) is 0 Å². The van der Waals surface area contributed by atoms with Crippen LogP contribution < -0.4 is 0 Å². The van der Waals surface area contributed by atoms with E-state index in [4.69, 9.17) is 0 Å². The Balaban J connectivity index is 3.79. The molecule has 0 aliphatic heterocycles. The van der Waals surface area contributed by atoms with Crippen molar-refractivity contribution in [3.05, 3.63) is 0 Å². The predicted octanol–water partition coefficient (Wildman–Crippen LogP) is 0.990. The average Bonchev–Trinajstić information content (AvgIpc) is 2.19. The second-order valence-electron chi connectivity index (χ2n) is 3.58. The molecule has 0 aromatic rings. The van der Waals surface area contributed by atoms with E-state index < -0.39 is 57.8 Å². The minimum atomic E-state index is -4.32. The van der Waals surface area contributed by atoms with Gasteiger partial charge in [0.15, 0.2) is 0 Å². The molecule has 0 rings (SSSR count). The molecule has 0 aliphatic rings. The molecular formula is C8H14F4O6S2. The van der Waals surface area contributed by atoms with E-state index in [1.165, 1.54) is 0 Å². The Morgan fingerprint density at radius 1 is 0.700 bits per heavy atom. The van der Waals surface area contributed by atoms with Gasteiger partial charge in [-0.3, -0.25) is 8.37 Å². The van der Waals surface area contributed by atoms with E-state index >= 15 is 0 Å². The molecule has 0 aromatic heterocycles. The van der Waals surface area contributed by atoms with Crippen LogP contribution in [0.2, 0.25) is 0 Å². The highest BCUT2D eigenvalue weighted by Gasteiger charge is 2.19. The molecule has 0 saturated heterocycles. The van der Waals surface area contributed by atoms with Crippen molar-refractivity contribution in [2.24, 2.45) is 0 Å². The smallest absolute Gasteiger partial charge is 0.270 e. The molecule has 6 nitrogen and oxygen atoms in total. The van der Waals surface area contributed by atoms with Crippen LogP contribution in [0, 0.1) is 0 Å². The Kier molecular flexibility index (Phi) is 8.54. The molecule has 0 spiro atoms. The minimum absolute atomic E-state index is 0.00661. The molecule has 0 fully saturated rings. The highest BCUT2D eigenvalue weighted by Crippen LogP contribution is 2.05. The van der Waals surface area contributed by atoms with Gasteiger partial charge in [0.25, 0.3) is 33.1 Å². The standard InChI is InChI=1S/C8H14F4O6S2/c9-7(10)5-19(13,14)17-3-1-2-4-18-20(15,16)6-8(11)12/h7-8H,1-6H2. The number of hydrogen-bond acceptors (Lipinski definition) is 6. The third kappa shape index (κ3) is 11.4. The molecule has 0 amide bonds. The maximum absolute atomic E-state index is 11.8. The van der Waals surface area contributed by atoms with Gasteiger partial charge in [-0.05, 0) is 12.8 Å². The zero-order valence-electron chi connectivity index (χ0n) is 10.2. The van der Waals surface area contributed by atoms with Crippen molar-refractivity contribution >= 4 is 20.2 Å². The van der Waals surface area contributed by atoms with E-state index in [1.807, 2.05) is 0 Å². The van der Waals surface area contributed by atoms with Crippen molar-refractivity contribution in [2.75, 3.05) is 24.7 Å². The molecule has 0 saturated carbocycles. The summed E-state index contributed by atoms with van der Waals surface area (Å²) in [6.45, 7) is -0.847.